The largest absolute Gasteiger partial charge is 0.324 e. The SMILES string of the molecule is Cc1ccc([C@@H](C)N)c(C)c1Br. The third-order valence-corrected chi connectivity index (χ3v) is 3.33. The predicted octanol–water partition coefficient (Wildman–Crippen LogP) is 3.09. The molecule has 0 unspecified atom stereocenters. The van der Waals surface area contributed by atoms with E-state index in [0.717, 1.165) is 0 Å². The molecule has 0 spiro atoms. The molecule has 1 aromatic carbocycles. The van der Waals surface area contributed by atoms with E-state index in [1.165, 1.54) is 21.2 Å². The number of rotatable bonds is 1. The lowest BCUT2D eigenvalue weighted by molar-refractivity contribution is 0.808. The fourth-order valence-corrected chi connectivity index (χ4v) is 1.69. The fraction of sp³-hybridized carbons (Fsp3) is 0.400. The first-order valence-electron chi connectivity index (χ1n) is 4.05. The normalized spacial score (nSPS) is 13.1. The minimum absolute atomic E-state index is 0.113. The summed E-state index contributed by atoms with van der Waals surface area (Å²) in [6.45, 7) is 6.18. The number of nitrogens with two attached hydrogens (primary N) is 1. The molecule has 2 N–H and O–H groups in total. The van der Waals surface area contributed by atoms with Crippen LogP contribution in [0.15, 0.2) is 16.6 Å². The molecular formula is C10H14BrN. The molecule has 2 heteroatoms. The van der Waals surface area contributed by atoms with Crippen LogP contribution in [0, 0.1) is 13.8 Å². The van der Waals surface area contributed by atoms with Gasteiger partial charge >= 0.3 is 0 Å². The lowest BCUT2D eigenvalue weighted by Crippen LogP contribution is -2.07. The molecule has 0 amide bonds. The minimum Gasteiger partial charge on any atom is -0.324 e. The lowest BCUT2D eigenvalue weighted by Gasteiger charge is -2.12. The number of hydrogen-bond donors (Lipinski definition) is 1. The Balaban J connectivity index is 3.27. The fourth-order valence-electron chi connectivity index (χ4n) is 1.33. The van der Waals surface area contributed by atoms with Crippen LogP contribution in [0.4, 0.5) is 0 Å². The van der Waals surface area contributed by atoms with Gasteiger partial charge in [0.25, 0.3) is 0 Å². The van der Waals surface area contributed by atoms with E-state index >= 15 is 0 Å². The highest BCUT2D eigenvalue weighted by Crippen LogP contribution is 2.26. The molecular weight excluding hydrogens is 214 g/mol. The second-order valence-corrected chi connectivity index (χ2v) is 3.99. The summed E-state index contributed by atoms with van der Waals surface area (Å²) in [7, 11) is 0. The van der Waals surface area contributed by atoms with E-state index in [4.69, 9.17) is 5.73 Å². The minimum atomic E-state index is 0.113. The van der Waals surface area contributed by atoms with E-state index in [9.17, 15) is 0 Å². The van der Waals surface area contributed by atoms with Gasteiger partial charge < -0.3 is 5.73 Å². The van der Waals surface area contributed by atoms with Crippen LogP contribution in [0.5, 0.6) is 0 Å². The van der Waals surface area contributed by atoms with Crippen molar-refractivity contribution >= 4 is 15.9 Å². The van der Waals surface area contributed by atoms with Gasteiger partial charge in [-0.15, -0.1) is 0 Å². The van der Waals surface area contributed by atoms with Crippen molar-refractivity contribution in [1.82, 2.24) is 0 Å². The van der Waals surface area contributed by atoms with Crippen LogP contribution in [0.3, 0.4) is 0 Å². The molecule has 0 saturated heterocycles. The highest BCUT2D eigenvalue weighted by Gasteiger charge is 2.07. The van der Waals surface area contributed by atoms with Crippen molar-refractivity contribution in [2.45, 2.75) is 26.8 Å². The summed E-state index contributed by atoms with van der Waals surface area (Å²) >= 11 is 3.54. The summed E-state index contributed by atoms with van der Waals surface area (Å²) in [5.74, 6) is 0. The highest BCUT2D eigenvalue weighted by atomic mass is 79.9. The Labute approximate surface area is 82.1 Å². The summed E-state index contributed by atoms with van der Waals surface area (Å²) in [5.41, 5.74) is 9.54. The van der Waals surface area contributed by atoms with Crippen LogP contribution in [-0.2, 0) is 0 Å². The predicted molar refractivity (Wildman–Crippen MR) is 56.2 cm³/mol. The molecule has 66 valence electrons. The maximum Gasteiger partial charge on any atom is 0.0269 e. The Morgan fingerprint density at radius 2 is 1.92 bits per heavy atom. The van der Waals surface area contributed by atoms with Gasteiger partial charge in [-0.1, -0.05) is 28.1 Å². The quantitative estimate of drug-likeness (QED) is 0.785. The second kappa shape index (κ2) is 3.58. The van der Waals surface area contributed by atoms with E-state index < -0.39 is 0 Å². The number of aryl methyl sites for hydroxylation is 1. The average Bonchev–Trinajstić information content (AvgIpc) is 2.00. The van der Waals surface area contributed by atoms with Crippen molar-refractivity contribution < 1.29 is 0 Å². The third-order valence-electron chi connectivity index (χ3n) is 2.11. The summed E-state index contributed by atoms with van der Waals surface area (Å²) < 4.78 is 1.18. The first-order valence-corrected chi connectivity index (χ1v) is 4.84. The van der Waals surface area contributed by atoms with Crippen LogP contribution < -0.4 is 5.73 Å². The zero-order valence-corrected chi connectivity index (χ0v) is 9.27. The third kappa shape index (κ3) is 1.70. The molecule has 0 bridgehead atoms. The molecule has 0 heterocycles. The molecule has 1 nitrogen and oxygen atoms in total. The van der Waals surface area contributed by atoms with Gasteiger partial charge in [-0.3, -0.25) is 0 Å². The zero-order valence-electron chi connectivity index (χ0n) is 7.69. The summed E-state index contributed by atoms with van der Waals surface area (Å²) in [6, 6.07) is 4.30. The van der Waals surface area contributed by atoms with Gasteiger partial charge in [0.15, 0.2) is 0 Å². The van der Waals surface area contributed by atoms with Gasteiger partial charge in [0.2, 0.25) is 0 Å². The van der Waals surface area contributed by atoms with Crippen LogP contribution >= 0.6 is 15.9 Å². The molecule has 0 saturated carbocycles. The van der Waals surface area contributed by atoms with Crippen molar-refractivity contribution in [3.8, 4) is 0 Å². The van der Waals surface area contributed by atoms with E-state index in [-0.39, 0.29) is 6.04 Å². The topological polar surface area (TPSA) is 26.0 Å². The molecule has 0 aliphatic heterocycles. The summed E-state index contributed by atoms with van der Waals surface area (Å²) in [5, 5.41) is 0. The maximum absolute atomic E-state index is 5.81. The van der Waals surface area contributed by atoms with Crippen LogP contribution in [0.25, 0.3) is 0 Å². The Morgan fingerprint density at radius 1 is 1.33 bits per heavy atom. The van der Waals surface area contributed by atoms with E-state index in [2.05, 4.69) is 41.9 Å². The van der Waals surface area contributed by atoms with Crippen LogP contribution in [0.1, 0.15) is 29.7 Å². The van der Waals surface area contributed by atoms with Gasteiger partial charge in [0.1, 0.15) is 0 Å². The monoisotopic (exact) mass is 227 g/mol. The van der Waals surface area contributed by atoms with Gasteiger partial charge in [-0.05, 0) is 37.5 Å². The molecule has 12 heavy (non-hydrogen) atoms. The van der Waals surface area contributed by atoms with Gasteiger partial charge in [-0.25, -0.2) is 0 Å². The molecule has 1 rings (SSSR count). The van der Waals surface area contributed by atoms with Gasteiger partial charge in [-0.2, -0.15) is 0 Å². The van der Waals surface area contributed by atoms with Gasteiger partial charge in [0, 0.05) is 10.5 Å². The molecule has 0 aliphatic rings. The van der Waals surface area contributed by atoms with Crippen LogP contribution in [0.2, 0.25) is 0 Å². The standard InChI is InChI=1S/C10H14BrN/c1-6-4-5-9(8(3)12)7(2)10(6)11/h4-5,8H,12H2,1-3H3/t8-/m1/s1. The maximum atomic E-state index is 5.81. The van der Waals surface area contributed by atoms with Crippen molar-refractivity contribution in [1.29, 1.82) is 0 Å². The first-order chi connectivity index (χ1) is 5.54. The van der Waals surface area contributed by atoms with Crippen molar-refractivity contribution in [3.05, 3.63) is 33.3 Å². The van der Waals surface area contributed by atoms with E-state index in [1.807, 2.05) is 6.92 Å². The molecule has 1 atom stereocenters. The first kappa shape index (κ1) is 9.75. The average molecular weight is 228 g/mol. The Hall–Kier alpha value is -0.340. The lowest BCUT2D eigenvalue weighted by atomic mass is 10.0. The number of halogens is 1. The molecule has 1 aromatic rings. The smallest absolute Gasteiger partial charge is 0.0269 e. The molecule has 0 fully saturated rings. The Bertz CT molecular complexity index is 292. The summed E-state index contributed by atoms with van der Waals surface area (Å²) in [4.78, 5) is 0. The van der Waals surface area contributed by atoms with E-state index in [1.54, 1.807) is 0 Å². The summed E-state index contributed by atoms with van der Waals surface area (Å²) in [6.07, 6.45) is 0. The Morgan fingerprint density at radius 3 is 2.42 bits per heavy atom. The molecule has 0 aromatic heterocycles. The highest BCUT2D eigenvalue weighted by molar-refractivity contribution is 9.10. The van der Waals surface area contributed by atoms with Crippen molar-refractivity contribution in [2.24, 2.45) is 5.73 Å². The van der Waals surface area contributed by atoms with Gasteiger partial charge in [0.05, 0.1) is 0 Å². The number of benzene rings is 1. The van der Waals surface area contributed by atoms with Crippen molar-refractivity contribution in [2.75, 3.05) is 0 Å². The second-order valence-electron chi connectivity index (χ2n) is 3.20. The van der Waals surface area contributed by atoms with Crippen LogP contribution in [-0.4, -0.2) is 0 Å². The van der Waals surface area contributed by atoms with E-state index in [0.29, 0.717) is 0 Å². The molecule has 0 aliphatic carbocycles. The zero-order chi connectivity index (χ0) is 9.30. The molecule has 0 radical (unpaired) electrons. The Kier molecular flexibility index (Phi) is 2.91. The number of hydrogen-bond acceptors (Lipinski definition) is 1. The van der Waals surface area contributed by atoms with Crippen molar-refractivity contribution in [3.63, 3.8) is 0 Å².